The number of halogens is 1. The molecule has 1 rings (SSSR count). The summed E-state index contributed by atoms with van der Waals surface area (Å²) >= 11 is 11.0. The van der Waals surface area contributed by atoms with Gasteiger partial charge >= 0.3 is 5.97 Å². The molecule has 0 aliphatic heterocycles. The van der Waals surface area contributed by atoms with Crippen LogP contribution in [0.3, 0.4) is 0 Å². The first-order chi connectivity index (χ1) is 9.43. The lowest BCUT2D eigenvalue weighted by atomic mass is 10.1. The third-order valence-electron chi connectivity index (χ3n) is 2.60. The van der Waals surface area contributed by atoms with Gasteiger partial charge in [-0.3, -0.25) is 0 Å². The van der Waals surface area contributed by atoms with E-state index in [0.717, 1.165) is 5.69 Å². The van der Waals surface area contributed by atoms with Crippen LogP contribution in [0, 0.1) is 5.92 Å². The van der Waals surface area contributed by atoms with Gasteiger partial charge in [0.2, 0.25) is 0 Å². The zero-order chi connectivity index (χ0) is 15.1. The van der Waals surface area contributed by atoms with Crippen LogP contribution in [0.5, 0.6) is 0 Å². The highest BCUT2D eigenvalue weighted by Crippen LogP contribution is 2.13. The summed E-state index contributed by atoms with van der Waals surface area (Å²) in [6.07, 6.45) is 0. The van der Waals surface area contributed by atoms with E-state index in [4.69, 9.17) is 28.6 Å². The number of anilines is 1. The van der Waals surface area contributed by atoms with Crippen molar-refractivity contribution in [1.29, 1.82) is 0 Å². The monoisotopic (exact) mass is 314 g/mol. The molecule has 1 atom stereocenters. The molecule has 4 nitrogen and oxygen atoms in total. The number of rotatable bonds is 5. The van der Waals surface area contributed by atoms with Crippen LogP contribution in [0.2, 0.25) is 5.02 Å². The molecule has 110 valence electrons. The molecule has 1 unspecified atom stereocenters. The molecule has 0 aromatic heterocycles. The van der Waals surface area contributed by atoms with E-state index < -0.39 is 6.04 Å². The van der Waals surface area contributed by atoms with Crippen molar-refractivity contribution in [3.05, 3.63) is 29.3 Å². The number of carbonyl (C=O) groups is 1. The molecule has 0 bridgehead atoms. The Morgan fingerprint density at radius 2 is 1.95 bits per heavy atom. The number of thiocarbonyl (C=S) groups is 1. The summed E-state index contributed by atoms with van der Waals surface area (Å²) in [5.41, 5.74) is 0.804. The van der Waals surface area contributed by atoms with E-state index in [1.54, 1.807) is 19.1 Å². The summed E-state index contributed by atoms with van der Waals surface area (Å²) in [4.78, 5) is 11.8. The quantitative estimate of drug-likeness (QED) is 0.645. The highest BCUT2D eigenvalue weighted by Gasteiger charge is 2.24. The molecule has 0 fully saturated rings. The third kappa shape index (κ3) is 5.35. The molecule has 1 aromatic rings. The fraction of sp³-hybridized carbons (Fsp3) is 0.429. The second kappa shape index (κ2) is 8.07. The van der Waals surface area contributed by atoms with Crippen molar-refractivity contribution < 1.29 is 9.53 Å². The first kappa shape index (κ1) is 16.7. The molecular weight excluding hydrogens is 296 g/mol. The zero-order valence-corrected chi connectivity index (χ0v) is 13.3. The van der Waals surface area contributed by atoms with E-state index in [-0.39, 0.29) is 11.9 Å². The maximum absolute atomic E-state index is 11.8. The van der Waals surface area contributed by atoms with Crippen molar-refractivity contribution in [2.45, 2.75) is 26.8 Å². The van der Waals surface area contributed by atoms with Gasteiger partial charge in [0.25, 0.3) is 0 Å². The van der Waals surface area contributed by atoms with Crippen LogP contribution in [0.25, 0.3) is 0 Å². The number of ether oxygens (including phenoxy) is 1. The van der Waals surface area contributed by atoms with Crippen LogP contribution in [0.4, 0.5) is 5.69 Å². The average Bonchev–Trinajstić information content (AvgIpc) is 2.38. The van der Waals surface area contributed by atoms with Crippen molar-refractivity contribution in [3.63, 3.8) is 0 Å². The van der Waals surface area contributed by atoms with Crippen molar-refractivity contribution in [2.24, 2.45) is 5.92 Å². The van der Waals surface area contributed by atoms with Crippen molar-refractivity contribution in [3.8, 4) is 0 Å². The van der Waals surface area contributed by atoms with Gasteiger partial charge in [0.05, 0.1) is 6.61 Å². The lowest BCUT2D eigenvalue weighted by Gasteiger charge is -2.22. The van der Waals surface area contributed by atoms with Crippen LogP contribution in [0.1, 0.15) is 20.8 Å². The van der Waals surface area contributed by atoms with Gasteiger partial charge in [0, 0.05) is 10.7 Å². The number of benzene rings is 1. The fourth-order valence-electron chi connectivity index (χ4n) is 1.57. The predicted molar refractivity (Wildman–Crippen MR) is 86.1 cm³/mol. The zero-order valence-electron chi connectivity index (χ0n) is 11.8. The van der Waals surface area contributed by atoms with Crippen LogP contribution in [-0.4, -0.2) is 23.7 Å². The topological polar surface area (TPSA) is 50.4 Å². The van der Waals surface area contributed by atoms with E-state index in [1.165, 1.54) is 0 Å². The average molecular weight is 315 g/mol. The van der Waals surface area contributed by atoms with Gasteiger partial charge in [-0.15, -0.1) is 0 Å². The minimum Gasteiger partial charge on any atom is -0.464 e. The molecule has 0 aliphatic rings. The first-order valence-corrected chi connectivity index (χ1v) is 7.22. The largest absolute Gasteiger partial charge is 0.464 e. The summed E-state index contributed by atoms with van der Waals surface area (Å²) in [5, 5.41) is 7.01. The van der Waals surface area contributed by atoms with Gasteiger partial charge < -0.3 is 15.4 Å². The Morgan fingerprint density at radius 1 is 1.35 bits per heavy atom. The van der Waals surface area contributed by atoms with E-state index >= 15 is 0 Å². The number of hydrogen-bond donors (Lipinski definition) is 2. The molecule has 0 amide bonds. The van der Waals surface area contributed by atoms with E-state index in [9.17, 15) is 4.79 Å². The second-order valence-corrected chi connectivity index (χ2v) is 5.42. The Kier molecular flexibility index (Phi) is 6.75. The fourth-order valence-corrected chi connectivity index (χ4v) is 1.94. The molecule has 6 heteroatoms. The number of esters is 1. The van der Waals surface area contributed by atoms with E-state index in [1.807, 2.05) is 26.0 Å². The number of carbonyl (C=O) groups excluding carboxylic acids is 1. The Balaban J connectivity index is 2.62. The van der Waals surface area contributed by atoms with Gasteiger partial charge in [-0.25, -0.2) is 4.79 Å². The first-order valence-electron chi connectivity index (χ1n) is 6.43. The van der Waals surface area contributed by atoms with Crippen LogP contribution >= 0.6 is 23.8 Å². The summed E-state index contributed by atoms with van der Waals surface area (Å²) in [6, 6.07) is 6.67. The van der Waals surface area contributed by atoms with E-state index in [2.05, 4.69) is 10.6 Å². The highest BCUT2D eigenvalue weighted by atomic mass is 35.5. The summed E-state index contributed by atoms with van der Waals surface area (Å²) in [7, 11) is 0. The SMILES string of the molecule is CCOC(=O)C(NC(=S)Nc1ccc(Cl)cc1)C(C)C. The minimum absolute atomic E-state index is 0.0685. The second-order valence-electron chi connectivity index (χ2n) is 4.58. The molecular formula is C14H19ClN2O2S. The molecule has 0 saturated heterocycles. The van der Waals surface area contributed by atoms with Gasteiger partial charge in [0.1, 0.15) is 6.04 Å². The Bertz CT molecular complexity index is 463. The molecule has 0 saturated carbocycles. The molecule has 0 radical (unpaired) electrons. The van der Waals surface area contributed by atoms with Crippen molar-refractivity contribution in [1.82, 2.24) is 5.32 Å². The lowest BCUT2D eigenvalue weighted by molar-refractivity contribution is -0.146. The molecule has 2 N–H and O–H groups in total. The minimum atomic E-state index is -0.470. The maximum atomic E-state index is 11.8. The lowest BCUT2D eigenvalue weighted by Crippen LogP contribution is -2.46. The molecule has 0 spiro atoms. The smallest absolute Gasteiger partial charge is 0.328 e. The van der Waals surface area contributed by atoms with Gasteiger partial charge in [-0.05, 0) is 49.3 Å². The number of hydrogen-bond acceptors (Lipinski definition) is 3. The van der Waals surface area contributed by atoms with Gasteiger partial charge in [-0.1, -0.05) is 25.4 Å². The molecule has 20 heavy (non-hydrogen) atoms. The Morgan fingerprint density at radius 3 is 2.45 bits per heavy atom. The highest BCUT2D eigenvalue weighted by molar-refractivity contribution is 7.80. The standard InChI is InChI=1S/C14H19ClN2O2S/c1-4-19-13(18)12(9(2)3)17-14(20)16-11-7-5-10(15)6-8-11/h5-9,12H,4H2,1-3H3,(H2,16,17,20). The molecule has 0 heterocycles. The summed E-state index contributed by atoms with van der Waals surface area (Å²) in [5.74, 6) is -0.234. The van der Waals surface area contributed by atoms with Crippen LogP contribution < -0.4 is 10.6 Å². The Labute approximate surface area is 129 Å². The van der Waals surface area contributed by atoms with Crippen LogP contribution in [-0.2, 0) is 9.53 Å². The van der Waals surface area contributed by atoms with Crippen molar-refractivity contribution in [2.75, 3.05) is 11.9 Å². The van der Waals surface area contributed by atoms with Gasteiger partial charge in [-0.2, -0.15) is 0 Å². The van der Waals surface area contributed by atoms with Crippen LogP contribution in [0.15, 0.2) is 24.3 Å². The Hall–Kier alpha value is -1.33. The summed E-state index contributed by atoms with van der Waals surface area (Å²) in [6.45, 7) is 5.99. The maximum Gasteiger partial charge on any atom is 0.328 e. The third-order valence-corrected chi connectivity index (χ3v) is 3.07. The normalized spacial score (nSPS) is 11.8. The van der Waals surface area contributed by atoms with Crippen molar-refractivity contribution >= 4 is 40.6 Å². The van der Waals surface area contributed by atoms with E-state index in [0.29, 0.717) is 16.7 Å². The summed E-state index contributed by atoms with van der Waals surface area (Å²) < 4.78 is 5.03. The number of nitrogens with one attached hydrogen (secondary N) is 2. The molecule has 1 aromatic carbocycles. The predicted octanol–water partition coefficient (Wildman–Crippen LogP) is 3.21. The van der Waals surface area contributed by atoms with Gasteiger partial charge in [0.15, 0.2) is 5.11 Å². The molecule has 0 aliphatic carbocycles.